The van der Waals surface area contributed by atoms with Crippen molar-refractivity contribution in [3.8, 4) is 0 Å². The third-order valence-electron chi connectivity index (χ3n) is 4.31. The Morgan fingerprint density at radius 2 is 2.12 bits per heavy atom. The Kier molecular flexibility index (Phi) is 4.92. The molecule has 0 atom stereocenters. The maximum atomic E-state index is 12.9. The van der Waals surface area contributed by atoms with E-state index in [-0.39, 0.29) is 11.8 Å². The van der Waals surface area contributed by atoms with Gasteiger partial charge in [-0.25, -0.2) is 0 Å². The van der Waals surface area contributed by atoms with Gasteiger partial charge in [0.15, 0.2) is 5.69 Å². The molecule has 3 N–H and O–H groups in total. The molecule has 0 aromatic carbocycles. The molecule has 1 saturated carbocycles. The molecule has 0 saturated heterocycles. The van der Waals surface area contributed by atoms with Crippen LogP contribution >= 0.6 is 0 Å². The Hall–Kier alpha value is -2.52. The van der Waals surface area contributed by atoms with Crippen molar-refractivity contribution in [1.82, 2.24) is 24.9 Å². The number of aryl methyl sites for hydroxylation is 2. The van der Waals surface area contributed by atoms with E-state index in [0.29, 0.717) is 43.1 Å². The maximum absolute atomic E-state index is 12.9. The second-order valence-electron chi connectivity index (χ2n) is 6.32. The molecule has 1 fully saturated rings. The van der Waals surface area contributed by atoms with E-state index in [1.165, 1.54) is 15.6 Å². The molecule has 0 radical (unpaired) electrons. The standard InChI is InChI=1S/C16H21F3N6O/c1-2-24-14(11(20)9-22-24)15(26)21-6-3-7-25-12(10-4-5-10)8-13(23-25)16(17,18)19/h8-10H,2-7,20H2,1H3,(H,21,26). The monoisotopic (exact) mass is 370 g/mol. The van der Waals surface area contributed by atoms with Crippen molar-refractivity contribution >= 4 is 11.6 Å². The number of hydrogen-bond acceptors (Lipinski definition) is 4. The summed E-state index contributed by atoms with van der Waals surface area (Å²) >= 11 is 0. The molecule has 1 amide bonds. The molecule has 0 aliphatic heterocycles. The molecular weight excluding hydrogens is 349 g/mol. The number of nitrogens with one attached hydrogen (secondary N) is 1. The molecule has 0 spiro atoms. The molecule has 1 aliphatic rings. The van der Waals surface area contributed by atoms with Gasteiger partial charge in [0.2, 0.25) is 0 Å². The number of rotatable bonds is 7. The number of aromatic nitrogens is 4. The molecule has 3 rings (SSSR count). The fraction of sp³-hybridized carbons (Fsp3) is 0.562. The Morgan fingerprint density at radius 1 is 1.38 bits per heavy atom. The molecule has 2 heterocycles. The Labute approximate surface area is 148 Å². The van der Waals surface area contributed by atoms with Crippen molar-refractivity contribution in [2.24, 2.45) is 0 Å². The van der Waals surface area contributed by atoms with Crippen LogP contribution < -0.4 is 11.1 Å². The first-order chi connectivity index (χ1) is 12.3. The zero-order chi connectivity index (χ0) is 18.9. The number of carbonyl (C=O) groups is 1. The molecule has 1 aliphatic carbocycles. The van der Waals surface area contributed by atoms with Gasteiger partial charge in [-0.15, -0.1) is 0 Å². The molecule has 10 heteroatoms. The number of nitrogens with zero attached hydrogens (tertiary/aromatic N) is 4. The molecular formula is C16H21F3N6O. The number of alkyl halides is 3. The number of hydrogen-bond donors (Lipinski definition) is 2. The Balaban J connectivity index is 1.57. The van der Waals surface area contributed by atoms with Gasteiger partial charge in [-0.1, -0.05) is 0 Å². The second-order valence-corrected chi connectivity index (χ2v) is 6.32. The van der Waals surface area contributed by atoms with Crippen molar-refractivity contribution in [2.75, 3.05) is 12.3 Å². The lowest BCUT2D eigenvalue weighted by Gasteiger charge is -2.09. The Morgan fingerprint density at radius 3 is 2.73 bits per heavy atom. The van der Waals surface area contributed by atoms with Gasteiger partial charge in [-0.3, -0.25) is 14.2 Å². The van der Waals surface area contributed by atoms with Gasteiger partial charge >= 0.3 is 6.18 Å². The van der Waals surface area contributed by atoms with Crippen molar-refractivity contribution in [3.63, 3.8) is 0 Å². The van der Waals surface area contributed by atoms with E-state index in [0.717, 1.165) is 18.9 Å². The van der Waals surface area contributed by atoms with Crippen LogP contribution in [0, 0.1) is 0 Å². The van der Waals surface area contributed by atoms with Gasteiger partial charge in [0, 0.05) is 31.2 Å². The molecule has 0 bridgehead atoms. The zero-order valence-corrected chi connectivity index (χ0v) is 14.4. The average Bonchev–Trinajstić information content (AvgIpc) is 3.21. The summed E-state index contributed by atoms with van der Waals surface area (Å²) in [5.41, 5.74) is 6.11. The predicted octanol–water partition coefficient (Wildman–Crippen LogP) is 2.40. The summed E-state index contributed by atoms with van der Waals surface area (Å²) in [6.07, 6.45) is -0.785. The number of amides is 1. The summed E-state index contributed by atoms with van der Waals surface area (Å²) < 4.78 is 41.5. The van der Waals surface area contributed by atoms with E-state index in [1.54, 1.807) is 0 Å². The van der Waals surface area contributed by atoms with Gasteiger partial charge in [-0.05, 0) is 32.3 Å². The minimum atomic E-state index is -4.45. The second kappa shape index (κ2) is 7.00. The SMILES string of the molecule is CCn1ncc(N)c1C(=O)NCCCn1nc(C(F)(F)F)cc1C1CC1. The highest BCUT2D eigenvalue weighted by Gasteiger charge is 2.37. The minimum Gasteiger partial charge on any atom is -0.396 e. The summed E-state index contributed by atoms with van der Waals surface area (Å²) in [4.78, 5) is 12.2. The smallest absolute Gasteiger partial charge is 0.396 e. The van der Waals surface area contributed by atoms with Crippen LogP contribution in [-0.2, 0) is 19.3 Å². The number of halogens is 3. The van der Waals surface area contributed by atoms with E-state index in [1.807, 2.05) is 6.92 Å². The summed E-state index contributed by atoms with van der Waals surface area (Å²) in [6, 6.07) is 1.14. The molecule has 26 heavy (non-hydrogen) atoms. The zero-order valence-electron chi connectivity index (χ0n) is 14.4. The molecule has 142 valence electrons. The van der Waals surface area contributed by atoms with E-state index in [9.17, 15) is 18.0 Å². The fourth-order valence-corrected chi connectivity index (χ4v) is 2.86. The maximum Gasteiger partial charge on any atom is 0.435 e. The van der Waals surface area contributed by atoms with E-state index >= 15 is 0 Å². The largest absolute Gasteiger partial charge is 0.435 e. The van der Waals surface area contributed by atoms with Crippen LogP contribution in [0.4, 0.5) is 18.9 Å². The summed E-state index contributed by atoms with van der Waals surface area (Å²) in [5, 5.41) is 10.4. The highest BCUT2D eigenvalue weighted by Crippen LogP contribution is 2.42. The normalized spacial score (nSPS) is 14.6. The molecule has 2 aromatic heterocycles. The summed E-state index contributed by atoms with van der Waals surface area (Å²) in [6.45, 7) is 2.97. The van der Waals surface area contributed by atoms with Crippen molar-refractivity contribution in [1.29, 1.82) is 0 Å². The van der Waals surface area contributed by atoms with Gasteiger partial charge < -0.3 is 11.1 Å². The highest BCUT2D eigenvalue weighted by atomic mass is 19.4. The van der Waals surface area contributed by atoms with Crippen LogP contribution in [-0.4, -0.2) is 32.0 Å². The Bertz CT molecular complexity index is 790. The van der Waals surface area contributed by atoms with Gasteiger partial charge in [0.1, 0.15) is 5.69 Å². The van der Waals surface area contributed by atoms with Crippen LogP contribution in [0.3, 0.4) is 0 Å². The fourth-order valence-electron chi connectivity index (χ4n) is 2.86. The lowest BCUT2D eigenvalue weighted by Crippen LogP contribution is -2.28. The van der Waals surface area contributed by atoms with Crippen LogP contribution in [0.25, 0.3) is 0 Å². The third kappa shape index (κ3) is 3.83. The first kappa shape index (κ1) is 18.3. The van der Waals surface area contributed by atoms with E-state index < -0.39 is 11.9 Å². The lowest BCUT2D eigenvalue weighted by atomic mass is 10.2. The quantitative estimate of drug-likeness (QED) is 0.732. The number of anilines is 1. The third-order valence-corrected chi connectivity index (χ3v) is 4.31. The first-order valence-electron chi connectivity index (χ1n) is 8.55. The van der Waals surface area contributed by atoms with Crippen LogP contribution in [0.5, 0.6) is 0 Å². The molecule has 0 unspecified atom stereocenters. The first-order valence-corrected chi connectivity index (χ1v) is 8.55. The molecule has 2 aromatic rings. The van der Waals surface area contributed by atoms with Crippen molar-refractivity contribution < 1.29 is 18.0 Å². The van der Waals surface area contributed by atoms with E-state index in [4.69, 9.17) is 5.73 Å². The van der Waals surface area contributed by atoms with Crippen LogP contribution in [0.2, 0.25) is 0 Å². The highest BCUT2D eigenvalue weighted by molar-refractivity contribution is 5.97. The molecule has 7 nitrogen and oxygen atoms in total. The van der Waals surface area contributed by atoms with Gasteiger partial charge in [0.05, 0.1) is 11.9 Å². The lowest BCUT2D eigenvalue weighted by molar-refractivity contribution is -0.141. The van der Waals surface area contributed by atoms with Crippen LogP contribution in [0.1, 0.15) is 54.0 Å². The summed E-state index contributed by atoms with van der Waals surface area (Å²) in [5.74, 6) is -0.187. The van der Waals surface area contributed by atoms with Gasteiger partial charge in [-0.2, -0.15) is 23.4 Å². The van der Waals surface area contributed by atoms with Crippen molar-refractivity contribution in [3.05, 3.63) is 29.3 Å². The number of nitrogen functional groups attached to an aromatic ring is 1. The van der Waals surface area contributed by atoms with Gasteiger partial charge in [0.25, 0.3) is 5.91 Å². The van der Waals surface area contributed by atoms with E-state index in [2.05, 4.69) is 15.5 Å². The summed E-state index contributed by atoms with van der Waals surface area (Å²) in [7, 11) is 0. The topological polar surface area (TPSA) is 90.8 Å². The van der Waals surface area contributed by atoms with Crippen LogP contribution in [0.15, 0.2) is 12.3 Å². The van der Waals surface area contributed by atoms with Crippen molar-refractivity contribution in [2.45, 2.75) is 51.4 Å². The number of carbonyl (C=O) groups excluding carboxylic acids is 1. The predicted molar refractivity (Wildman–Crippen MR) is 88.5 cm³/mol. The number of nitrogens with two attached hydrogens (primary N) is 1. The minimum absolute atomic E-state index is 0.159. The average molecular weight is 370 g/mol.